The summed E-state index contributed by atoms with van der Waals surface area (Å²) in [6.45, 7) is 0. The first-order valence-electron chi connectivity index (χ1n) is 3.82. The third kappa shape index (κ3) is 3.16. The molecule has 0 fully saturated rings. The summed E-state index contributed by atoms with van der Waals surface area (Å²) >= 11 is 0. The average molecular weight is 320 g/mol. The van der Waals surface area contributed by atoms with E-state index in [9.17, 15) is 57.1 Å². The van der Waals surface area contributed by atoms with Gasteiger partial charge in [0, 0.05) is 0 Å². The molecule has 19 heavy (non-hydrogen) atoms. The van der Waals surface area contributed by atoms with E-state index in [1.807, 2.05) is 0 Å². The molecule has 13 heteroatoms. The molecule has 0 unspecified atom stereocenters. The van der Waals surface area contributed by atoms with E-state index in [4.69, 9.17) is 0 Å². The minimum atomic E-state index is -7.32. The van der Waals surface area contributed by atoms with Crippen LogP contribution in [0.5, 0.6) is 0 Å². The van der Waals surface area contributed by atoms with Crippen LogP contribution in [0.4, 0.5) is 57.1 Å². The maximum atomic E-state index is 12.3. The number of hydrogen-bond acceptors (Lipinski definition) is 0. The Morgan fingerprint density at radius 3 is 0.737 bits per heavy atom. The predicted octanol–water partition coefficient (Wildman–Crippen LogP) is 4.56. The largest absolute Gasteiger partial charge is 0.454 e. The van der Waals surface area contributed by atoms with Gasteiger partial charge in [0.1, 0.15) is 0 Å². The summed E-state index contributed by atoms with van der Waals surface area (Å²) in [4.78, 5) is 0. The first-order chi connectivity index (χ1) is 7.87. The highest BCUT2D eigenvalue weighted by atomic mass is 19.4. The van der Waals surface area contributed by atoms with Crippen LogP contribution in [0.3, 0.4) is 0 Å². The normalized spacial score (nSPS) is 16.1. The van der Waals surface area contributed by atoms with Crippen molar-refractivity contribution in [2.75, 3.05) is 0 Å². The van der Waals surface area contributed by atoms with Crippen molar-refractivity contribution in [1.29, 1.82) is 0 Å². The fourth-order valence-corrected chi connectivity index (χ4v) is 0.966. The van der Waals surface area contributed by atoms with Crippen molar-refractivity contribution in [3.63, 3.8) is 0 Å². The lowest BCUT2D eigenvalue weighted by atomic mass is 9.92. The molecule has 0 aliphatic heterocycles. The first-order valence-corrected chi connectivity index (χ1v) is 3.82. The van der Waals surface area contributed by atoms with Gasteiger partial charge < -0.3 is 0 Å². The summed E-state index contributed by atoms with van der Waals surface area (Å²) in [5, 5.41) is 0. The van der Waals surface area contributed by atoms with Crippen LogP contribution in [-0.2, 0) is 0 Å². The van der Waals surface area contributed by atoms with Crippen LogP contribution in [0.1, 0.15) is 0 Å². The van der Waals surface area contributed by atoms with Gasteiger partial charge in [0.15, 0.2) is 0 Å². The van der Waals surface area contributed by atoms with E-state index in [2.05, 4.69) is 0 Å². The molecule has 0 spiro atoms. The number of alkyl halides is 13. The van der Waals surface area contributed by atoms with Gasteiger partial charge in [-0.3, -0.25) is 0 Å². The summed E-state index contributed by atoms with van der Waals surface area (Å²) in [7, 11) is 0. The van der Waals surface area contributed by atoms with Gasteiger partial charge in [-0.2, -0.15) is 57.1 Å². The highest BCUT2D eigenvalue weighted by molar-refractivity contribution is 4.99. The summed E-state index contributed by atoms with van der Waals surface area (Å²) in [5.41, 5.74) is 0. The Bertz CT molecular complexity index is 287. The van der Waals surface area contributed by atoms with Crippen molar-refractivity contribution < 1.29 is 57.1 Å². The van der Waals surface area contributed by atoms with Gasteiger partial charge in [-0.1, -0.05) is 0 Å². The second kappa shape index (κ2) is 4.30. The topological polar surface area (TPSA) is 0 Å². The van der Waals surface area contributed by atoms with E-state index in [1.54, 1.807) is 0 Å². The van der Waals surface area contributed by atoms with Crippen LogP contribution < -0.4 is 0 Å². The summed E-state index contributed by atoms with van der Waals surface area (Å²) in [6, 6.07) is 0. The maximum Gasteiger partial charge on any atom is 0.454 e. The number of hydrogen-bond donors (Lipinski definition) is 0. The summed E-state index contributed by atoms with van der Waals surface area (Å²) in [5.74, 6) is -20.9. The Hall–Kier alpha value is -0.910. The molecule has 0 aliphatic carbocycles. The molecule has 0 aromatic heterocycles. The predicted molar refractivity (Wildman–Crippen MR) is 31.5 cm³/mol. The quantitative estimate of drug-likeness (QED) is 0.654. The van der Waals surface area contributed by atoms with Crippen LogP contribution >= 0.6 is 0 Å². The monoisotopic (exact) mass is 320 g/mol. The minimum Gasteiger partial charge on any atom is -0.195 e. The van der Waals surface area contributed by atoms with E-state index in [0.717, 1.165) is 0 Å². The Morgan fingerprint density at radius 1 is 0.421 bits per heavy atom. The van der Waals surface area contributed by atoms with Crippen molar-refractivity contribution in [1.82, 2.24) is 0 Å². The first kappa shape index (κ1) is 18.1. The van der Waals surface area contributed by atoms with Crippen molar-refractivity contribution in [2.24, 2.45) is 5.92 Å². The third-order valence-electron chi connectivity index (χ3n) is 1.81. The molecule has 116 valence electrons. The molecule has 0 saturated heterocycles. The molecule has 0 aliphatic rings. The van der Waals surface area contributed by atoms with Crippen LogP contribution in [0.2, 0.25) is 0 Å². The van der Waals surface area contributed by atoms with Gasteiger partial charge in [-0.15, -0.1) is 0 Å². The second-order valence-corrected chi connectivity index (χ2v) is 3.22. The SMILES string of the molecule is FC(F)(F)C(C(F)(F)C(F)(F)F)C(F)(F)C(F)(F)F. The highest BCUT2D eigenvalue weighted by Gasteiger charge is 2.82. The van der Waals surface area contributed by atoms with Crippen LogP contribution in [0.15, 0.2) is 0 Å². The zero-order valence-electron chi connectivity index (χ0n) is 7.99. The smallest absolute Gasteiger partial charge is 0.195 e. The molecule has 0 saturated carbocycles. The van der Waals surface area contributed by atoms with E-state index < -0.39 is 36.3 Å². The molecule has 0 rings (SSSR count). The third-order valence-corrected chi connectivity index (χ3v) is 1.81. The number of halogens is 13. The fraction of sp³-hybridized carbons (Fsp3) is 1.00. The van der Waals surface area contributed by atoms with E-state index >= 15 is 0 Å². The fourth-order valence-electron chi connectivity index (χ4n) is 0.966. The van der Waals surface area contributed by atoms with Crippen LogP contribution in [0.25, 0.3) is 0 Å². The zero-order chi connectivity index (χ0) is 16.1. The maximum absolute atomic E-state index is 12.3. The molecule has 0 aromatic rings. The van der Waals surface area contributed by atoms with Crippen molar-refractivity contribution in [3.8, 4) is 0 Å². The van der Waals surface area contributed by atoms with Gasteiger partial charge in [0.05, 0.1) is 0 Å². The van der Waals surface area contributed by atoms with E-state index in [1.165, 1.54) is 0 Å². The zero-order valence-corrected chi connectivity index (χ0v) is 7.99. The van der Waals surface area contributed by atoms with Gasteiger partial charge in [-0.05, 0) is 0 Å². The Morgan fingerprint density at radius 2 is 0.632 bits per heavy atom. The highest BCUT2D eigenvalue weighted by Crippen LogP contribution is 2.57. The van der Waals surface area contributed by atoms with Gasteiger partial charge >= 0.3 is 30.4 Å². The Labute approximate surface area is 94.7 Å². The molecular weight excluding hydrogens is 319 g/mol. The molecule has 0 amide bonds. The van der Waals surface area contributed by atoms with Gasteiger partial charge in [0.25, 0.3) is 0 Å². The molecule has 0 heterocycles. The molecule has 0 aromatic carbocycles. The minimum absolute atomic E-state index is 6.27. The molecule has 0 nitrogen and oxygen atoms in total. The van der Waals surface area contributed by atoms with Gasteiger partial charge in [-0.25, -0.2) is 0 Å². The second-order valence-electron chi connectivity index (χ2n) is 3.22. The van der Waals surface area contributed by atoms with Crippen LogP contribution in [0, 0.1) is 5.92 Å². The Kier molecular flexibility index (Phi) is 4.09. The lowest BCUT2D eigenvalue weighted by molar-refractivity contribution is -0.417. The average Bonchev–Trinajstić information content (AvgIpc) is 1.93. The summed E-state index contributed by atoms with van der Waals surface area (Å²) < 4.78 is 154. The van der Waals surface area contributed by atoms with Gasteiger partial charge in [0.2, 0.25) is 5.92 Å². The van der Waals surface area contributed by atoms with Crippen LogP contribution in [-0.4, -0.2) is 30.4 Å². The molecule has 0 atom stereocenters. The van der Waals surface area contributed by atoms with E-state index in [-0.39, 0.29) is 0 Å². The molecule has 0 bridgehead atoms. The standard InChI is InChI=1S/C6HF13/c7-2(8,5(14,15)16)1(4(11,12)13)3(9,10)6(17,18)19/h1H. The van der Waals surface area contributed by atoms with Crippen molar-refractivity contribution in [2.45, 2.75) is 30.4 Å². The van der Waals surface area contributed by atoms with E-state index in [0.29, 0.717) is 0 Å². The lowest BCUT2D eigenvalue weighted by Gasteiger charge is -2.35. The lowest BCUT2D eigenvalue weighted by Crippen LogP contribution is -2.61. The van der Waals surface area contributed by atoms with Crippen molar-refractivity contribution in [3.05, 3.63) is 0 Å². The molecule has 0 N–H and O–H groups in total. The Balaban J connectivity index is 6.05. The molecule has 0 radical (unpaired) electrons. The molecular formula is C6HF13. The van der Waals surface area contributed by atoms with Crippen molar-refractivity contribution >= 4 is 0 Å². The number of rotatable bonds is 2. The summed E-state index contributed by atoms with van der Waals surface area (Å²) in [6.07, 6.45) is -21.6.